The highest BCUT2D eigenvalue weighted by Gasteiger charge is 2.09. The Morgan fingerprint density at radius 2 is 2.16 bits per heavy atom. The molecular weight excluding hydrogens is 278 g/mol. The Morgan fingerprint density at radius 3 is 2.74 bits per heavy atom. The van der Waals surface area contributed by atoms with Crippen molar-refractivity contribution in [2.45, 2.75) is 19.4 Å². The zero-order chi connectivity index (χ0) is 13.5. The molecule has 1 atom stereocenters. The summed E-state index contributed by atoms with van der Waals surface area (Å²) < 4.78 is 31.0. The molecule has 4 nitrogen and oxygen atoms in total. The molecule has 0 aliphatic heterocycles. The lowest BCUT2D eigenvalue weighted by molar-refractivity contribution is -0.121. The number of hydrogen-bond donors (Lipinski definition) is 2. The third kappa shape index (κ3) is 6.35. The summed E-state index contributed by atoms with van der Waals surface area (Å²) in [6.07, 6.45) is 0.231. The maximum Gasteiger partial charge on any atom is 0.221 e. The van der Waals surface area contributed by atoms with Gasteiger partial charge in [-0.25, -0.2) is 8.78 Å². The van der Waals surface area contributed by atoms with Crippen LogP contribution in [0.15, 0.2) is 18.2 Å². The molecule has 0 saturated heterocycles. The highest BCUT2D eigenvalue weighted by molar-refractivity contribution is 5.85. The Bertz CT molecular complexity index is 419. The predicted molar refractivity (Wildman–Crippen MR) is 70.4 cm³/mol. The fourth-order valence-corrected chi connectivity index (χ4v) is 1.33. The molecule has 19 heavy (non-hydrogen) atoms. The van der Waals surface area contributed by atoms with Gasteiger partial charge < -0.3 is 15.8 Å². The van der Waals surface area contributed by atoms with Gasteiger partial charge in [0.25, 0.3) is 0 Å². The van der Waals surface area contributed by atoms with E-state index in [0.717, 1.165) is 12.1 Å². The fraction of sp³-hybridized carbons (Fsp3) is 0.417. The lowest BCUT2D eigenvalue weighted by Gasteiger charge is -2.15. The summed E-state index contributed by atoms with van der Waals surface area (Å²) >= 11 is 0. The van der Waals surface area contributed by atoms with Crippen LogP contribution in [0.5, 0.6) is 5.75 Å². The van der Waals surface area contributed by atoms with Gasteiger partial charge in [0.05, 0.1) is 6.04 Å². The van der Waals surface area contributed by atoms with Crippen LogP contribution in [-0.4, -0.2) is 25.1 Å². The first-order valence-corrected chi connectivity index (χ1v) is 5.60. The summed E-state index contributed by atoms with van der Waals surface area (Å²) in [6, 6.07) is 2.77. The molecule has 0 aromatic heterocycles. The van der Waals surface area contributed by atoms with Crippen molar-refractivity contribution < 1.29 is 18.3 Å². The number of carbonyl (C=O) groups excluding carboxylic acids is 1. The zero-order valence-electron chi connectivity index (χ0n) is 10.5. The minimum absolute atomic E-state index is 0. The van der Waals surface area contributed by atoms with E-state index in [4.69, 9.17) is 10.5 Å². The average Bonchev–Trinajstić information content (AvgIpc) is 2.28. The van der Waals surface area contributed by atoms with Gasteiger partial charge in [-0.15, -0.1) is 12.4 Å². The molecule has 0 spiro atoms. The van der Waals surface area contributed by atoms with E-state index in [1.165, 1.54) is 6.07 Å². The molecule has 3 N–H and O–H groups in total. The second kappa shape index (κ2) is 8.66. The van der Waals surface area contributed by atoms with Crippen molar-refractivity contribution in [1.29, 1.82) is 0 Å². The quantitative estimate of drug-likeness (QED) is 0.838. The highest BCUT2D eigenvalue weighted by atomic mass is 35.5. The number of halogens is 3. The van der Waals surface area contributed by atoms with Crippen LogP contribution in [0, 0.1) is 11.6 Å². The Labute approximate surface area is 116 Å². The molecule has 0 aliphatic carbocycles. The van der Waals surface area contributed by atoms with E-state index in [9.17, 15) is 13.6 Å². The van der Waals surface area contributed by atoms with Crippen molar-refractivity contribution in [3.05, 3.63) is 29.8 Å². The second-order valence-electron chi connectivity index (χ2n) is 3.89. The molecule has 0 heterocycles. The zero-order valence-corrected chi connectivity index (χ0v) is 11.3. The highest BCUT2D eigenvalue weighted by Crippen LogP contribution is 2.17. The largest absolute Gasteiger partial charge is 0.488 e. The molecule has 0 saturated carbocycles. The van der Waals surface area contributed by atoms with E-state index < -0.39 is 11.6 Å². The third-order valence-corrected chi connectivity index (χ3v) is 2.16. The second-order valence-corrected chi connectivity index (χ2v) is 3.89. The third-order valence-electron chi connectivity index (χ3n) is 2.16. The van der Waals surface area contributed by atoms with Crippen molar-refractivity contribution in [2.75, 3.05) is 13.2 Å². The van der Waals surface area contributed by atoms with E-state index in [1.54, 1.807) is 6.92 Å². The van der Waals surface area contributed by atoms with Crippen molar-refractivity contribution in [3.8, 4) is 5.75 Å². The number of amides is 1. The lowest BCUT2D eigenvalue weighted by Crippen LogP contribution is -2.37. The van der Waals surface area contributed by atoms with Crippen LogP contribution in [0.4, 0.5) is 8.78 Å². The van der Waals surface area contributed by atoms with Crippen LogP contribution in [0.25, 0.3) is 0 Å². The molecule has 0 bridgehead atoms. The molecule has 0 radical (unpaired) electrons. The first-order valence-electron chi connectivity index (χ1n) is 5.60. The number of nitrogens with two attached hydrogens (primary N) is 1. The van der Waals surface area contributed by atoms with Crippen molar-refractivity contribution in [2.24, 2.45) is 5.73 Å². The SMILES string of the molecule is CC(COc1ccc(F)cc1F)NC(=O)CCN.Cl. The summed E-state index contributed by atoms with van der Waals surface area (Å²) in [5.41, 5.74) is 5.23. The number of carbonyl (C=O) groups is 1. The summed E-state index contributed by atoms with van der Waals surface area (Å²) in [5.74, 6) is -1.66. The van der Waals surface area contributed by atoms with Gasteiger partial charge in [-0.3, -0.25) is 4.79 Å². The molecule has 0 fully saturated rings. The summed E-state index contributed by atoms with van der Waals surface area (Å²) in [5, 5.41) is 2.64. The molecular formula is C12H17ClF2N2O2. The van der Waals surface area contributed by atoms with E-state index in [1.807, 2.05) is 0 Å². The van der Waals surface area contributed by atoms with E-state index in [0.29, 0.717) is 0 Å². The van der Waals surface area contributed by atoms with Gasteiger partial charge in [-0.05, 0) is 19.1 Å². The fourth-order valence-electron chi connectivity index (χ4n) is 1.33. The summed E-state index contributed by atoms with van der Waals surface area (Å²) in [6.45, 7) is 2.08. The topological polar surface area (TPSA) is 64.3 Å². The van der Waals surface area contributed by atoms with E-state index in [-0.39, 0.29) is 49.7 Å². The van der Waals surface area contributed by atoms with Crippen LogP contribution in [0.3, 0.4) is 0 Å². The van der Waals surface area contributed by atoms with Crippen LogP contribution in [0.1, 0.15) is 13.3 Å². The maximum atomic E-state index is 13.2. The number of ether oxygens (including phenoxy) is 1. The number of rotatable bonds is 6. The molecule has 108 valence electrons. The van der Waals surface area contributed by atoms with Gasteiger partial charge in [-0.1, -0.05) is 0 Å². The number of benzene rings is 1. The van der Waals surface area contributed by atoms with Crippen LogP contribution < -0.4 is 15.8 Å². The lowest BCUT2D eigenvalue weighted by atomic mass is 10.3. The van der Waals surface area contributed by atoms with Gasteiger partial charge in [-0.2, -0.15) is 0 Å². The van der Waals surface area contributed by atoms with Crippen LogP contribution in [0.2, 0.25) is 0 Å². The molecule has 1 aromatic rings. The molecule has 1 unspecified atom stereocenters. The standard InChI is InChI=1S/C12H16F2N2O2.ClH/c1-8(16-12(17)4-5-15)7-18-11-3-2-9(13)6-10(11)14;/h2-3,6,8H,4-5,7,15H2,1H3,(H,16,17);1H. The van der Waals surface area contributed by atoms with E-state index in [2.05, 4.69) is 5.32 Å². The van der Waals surface area contributed by atoms with Gasteiger partial charge in [0.2, 0.25) is 5.91 Å². The Morgan fingerprint density at radius 1 is 1.47 bits per heavy atom. The predicted octanol–water partition coefficient (Wildman–Crippen LogP) is 1.62. The van der Waals surface area contributed by atoms with Crippen LogP contribution >= 0.6 is 12.4 Å². The number of hydrogen-bond acceptors (Lipinski definition) is 3. The molecule has 0 aliphatic rings. The Kier molecular flexibility index (Phi) is 8.02. The normalized spacial score (nSPS) is 11.4. The minimum Gasteiger partial charge on any atom is -0.488 e. The molecule has 1 amide bonds. The van der Waals surface area contributed by atoms with Gasteiger partial charge >= 0.3 is 0 Å². The van der Waals surface area contributed by atoms with Crippen LogP contribution in [-0.2, 0) is 4.79 Å². The molecule has 7 heteroatoms. The number of nitrogens with one attached hydrogen (secondary N) is 1. The smallest absolute Gasteiger partial charge is 0.221 e. The molecule has 1 rings (SSSR count). The summed E-state index contributed by atoms with van der Waals surface area (Å²) in [4.78, 5) is 11.2. The van der Waals surface area contributed by atoms with Gasteiger partial charge in [0, 0.05) is 19.0 Å². The van der Waals surface area contributed by atoms with Gasteiger partial charge in [0.1, 0.15) is 12.4 Å². The Hall–Kier alpha value is -1.40. The average molecular weight is 295 g/mol. The summed E-state index contributed by atoms with van der Waals surface area (Å²) in [7, 11) is 0. The van der Waals surface area contributed by atoms with Crippen molar-refractivity contribution in [3.63, 3.8) is 0 Å². The minimum atomic E-state index is -0.768. The van der Waals surface area contributed by atoms with Gasteiger partial charge in [0.15, 0.2) is 11.6 Å². The van der Waals surface area contributed by atoms with Crippen molar-refractivity contribution >= 4 is 18.3 Å². The first-order chi connectivity index (χ1) is 8.52. The Balaban J connectivity index is 0.00000324. The first kappa shape index (κ1) is 17.6. The molecule has 1 aromatic carbocycles. The maximum absolute atomic E-state index is 13.2. The van der Waals surface area contributed by atoms with E-state index >= 15 is 0 Å². The monoisotopic (exact) mass is 294 g/mol. The van der Waals surface area contributed by atoms with Crippen molar-refractivity contribution in [1.82, 2.24) is 5.32 Å².